The molecule has 1 aliphatic rings. The molecule has 112 valence electrons. The third-order valence-corrected chi connectivity index (χ3v) is 4.34. The molecule has 1 unspecified atom stereocenters. The zero-order valence-corrected chi connectivity index (χ0v) is 13.0. The highest BCUT2D eigenvalue weighted by atomic mass is 16.5. The summed E-state index contributed by atoms with van der Waals surface area (Å²) in [6.07, 6.45) is 7.31. The molecule has 3 heteroatoms. The van der Waals surface area contributed by atoms with E-state index in [1.807, 2.05) is 12.1 Å². The van der Waals surface area contributed by atoms with Gasteiger partial charge in [0.1, 0.15) is 11.5 Å². The van der Waals surface area contributed by atoms with Crippen LogP contribution in [0, 0.1) is 0 Å². The molecule has 0 radical (unpaired) electrons. The van der Waals surface area contributed by atoms with Crippen LogP contribution in [-0.4, -0.2) is 20.8 Å². The van der Waals surface area contributed by atoms with E-state index < -0.39 is 0 Å². The lowest BCUT2D eigenvalue weighted by molar-refractivity contribution is 0.281. The third kappa shape index (κ3) is 3.09. The highest BCUT2D eigenvalue weighted by Gasteiger charge is 2.34. The second kappa shape index (κ2) is 6.98. The SMILES string of the molecule is CCCC1(c2cc(OC)ccc2OC)CCCCCN1. The molecule has 20 heavy (non-hydrogen) atoms. The molecule has 1 heterocycles. The summed E-state index contributed by atoms with van der Waals surface area (Å²) in [6.45, 7) is 3.33. The molecule has 3 nitrogen and oxygen atoms in total. The van der Waals surface area contributed by atoms with E-state index in [-0.39, 0.29) is 5.54 Å². The molecule has 2 rings (SSSR count). The van der Waals surface area contributed by atoms with Crippen molar-refractivity contribution in [1.82, 2.24) is 5.32 Å². The molecular weight excluding hydrogens is 250 g/mol. The van der Waals surface area contributed by atoms with Gasteiger partial charge < -0.3 is 14.8 Å². The molecule has 1 saturated heterocycles. The van der Waals surface area contributed by atoms with Crippen molar-refractivity contribution in [3.8, 4) is 11.5 Å². The van der Waals surface area contributed by atoms with Crippen LogP contribution in [-0.2, 0) is 5.54 Å². The molecule has 0 aliphatic carbocycles. The first kappa shape index (κ1) is 15.2. The number of hydrogen-bond donors (Lipinski definition) is 1. The van der Waals surface area contributed by atoms with E-state index in [1.165, 1.54) is 31.2 Å². The summed E-state index contributed by atoms with van der Waals surface area (Å²) >= 11 is 0. The van der Waals surface area contributed by atoms with Crippen LogP contribution in [0.2, 0.25) is 0 Å². The molecule has 1 N–H and O–H groups in total. The maximum atomic E-state index is 5.61. The van der Waals surface area contributed by atoms with Crippen LogP contribution >= 0.6 is 0 Å². The normalized spacial score (nSPS) is 23.1. The number of rotatable bonds is 5. The molecule has 0 bridgehead atoms. The maximum absolute atomic E-state index is 5.61. The second-order valence-corrected chi connectivity index (χ2v) is 5.64. The highest BCUT2D eigenvalue weighted by molar-refractivity contribution is 5.45. The maximum Gasteiger partial charge on any atom is 0.124 e. The van der Waals surface area contributed by atoms with Gasteiger partial charge in [-0.15, -0.1) is 0 Å². The zero-order chi connectivity index (χ0) is 14.4. The Balaban J connectivity index is 2.45. The first-order valence-electron chi connectivity index (χ1n) is 7.73. The number of benzene rings is 1. The first-order valence-corrected chi connectivity index (χ1v) is 7.73. The van der Waals surface area contributed by atoms with E-state index in [1.54, 1.807) is 14.2 Å². The Morgan fingerprint density at radius 3 is 2.70 bits per heavy atom. The second-order valence-electron chi connectivity index (χ2n) is 5.64. The Morgan fingerprint density at radius 2 is 2.00 bits per heavy atom. The largest absolute Gasteiger partial charge is 0.497 e. The van der Waals surface area contributed by atoms with Crippen molar-refractivity contribution in [3.05, 3.63) is 23.8 Å². The van der Waals surface area contributed by atoms with Crippen molar-refractivity contribution in [3.63, 3.8) is 0 Å². The van der Waals surface area contributed by atoms with Gasteiger partial charge in [-0.05, 0) is 44.0 Å². The van der Waals surface area contributed by atoms with E-state index in [0.717, 1.165) is 30.9 Å². The van der Waals surface area contributed by atoms with Gasteiger partial charge in [-0.2, -0.15) is 0 Å². The summed E-state index contributed by atoms with van der Waals surface area (Å²) in [7, 11) is 3.47. The highest BCUT2D eigenvalue weighted by Crippen LogP contribution is 2.40. The van der Waals surface area contributed by atoms with Gasteiger partial charge >= 0.3 is 0 Å². The fourth-order valence-corrected chi connectivity index (χ4v) is 3.34. The van der Waals surface area contributed by atoms with Crippen molar-refractivity contribution in [2.45, 2.75) is 51.0 Å². The molecular formula is C17H27NO2. The summed E-state index contributed by atoms with van der Waals surface area (Å²) < 4.78 is 11.0. The number of nitrogens with one attached hydrogen (secondary N) is 1. The number of hydrogen-bond acceptors (Lipinski definition) is 3. The van der Waals surface area contributed by atoms with E-state index in [4.69, 9.17) is 9.47 Å². The lowest BCUT2D eigenvalue weighted by Crippen LogP contribution is -2.42. The van der Waals surface area contributed by atoms with E-state index in [0.29, 0.717) is 0 Å². The van der Waals surface area contributed by atoms with Gasteiger partial charge in [-0.1, -0.05) is 26.2 Å². The molecule has 1 atom stereocenters. The summed E-state index contributed by atoms with van der Waals surface area (Å²) in [6, 6.07) is 6.14. The zero-order valence-electron chi connectivity index (χ0n) is 13.0. The Kier molecular flexibility index (Phi) is 5.30. The van der Waals surface area contributed by atoms with Crippen LogP contribution < -0.4 is 14.8 Å². The Bertz CT molecular complexity index is 423. The predicted octanol–water partition coefficient (Wildman–Crippen LogP) is 3.86. The molecule has 1 fully saturated rings. The third-order valence-electron chi connectivity index (χ3n) is 4.34. The van der Waals surface area contributed by atoms with Gasteiger partial charge in [0.05, 0.1) is 14.2 Å². The monoisotopic (exact) mass is 277 g/mol. The van der Waals surface area contributed by atoms with Crippen molar-refractivity contribution in [1.29, 1.82) is 0 Å². The quantitative estimate of drug-likeness (QED) is 0.886. The lowest BCUT2D eigenvalue weighted by atomic mass is 9.81. The van der Waals surface area contributed by atoms with Gasteiger partial charge in [0.2, 0.25) is 0 Å². The smallest absolute Gasteiger partial charge is 0.124 e. The van der Waals surface area contributed by atoms with Gasteiger partial charge in [-0.3, -0.25) is 0 Å². The average Bonchev–Trinajstić information content (AvgIpc) is 2.73. The molecule has 0 saturated carbocycles. The molecule has 1 aromatic carbocycles. The van der Waals surface area contributed by atoms with Gasteiger partial charge in [0.15, 0.2) is 0 Å². The first-order chi connectivity index (χ1) is 9.75. The summed E-state index contributed by atoms with van der Waals surface area (Å²) in [5.74, 6) is 1.87. The van der Waals surface area contributed by atoms with Crippen LogP contribution in [0.3, 0.4) is 0 Å². The van der Waals surface area contributed by atoms with E-state index in [9.17, 15) is 0 Å². The summed E-state index contributed by atoms with van der Waals surface area (Å²) in [5.41, 5.74) is 1.29. The van der Waals surface area contributed by atoms with Gasteiger partial charge in [0, 0.05) is 11.1 Å². The predicted molar refractivity (Wildman–Crippen MR) is 82.6 cm³/mol. The molecule has 0 aromatic heterocycles. The molecule has 1 aliphatic heterocycles. The van der Waals surface area contributed by atoms with Crippen molar-refractivity contribution >= 4 is 0 Å². The lowest BCUT2D eigenvalue weighted by Gasteiger charge is -2.35. The van der Waals surface area contributed by atoms with Crippen LogP contribution in [0.5, 0.6) is 11.5 Å². The average molecular weight is 277 g/mol. The van der Waals surface area contributed by atoms with Crippen molar-refractivity contribution in [2.75, 3.05) is 20.8 Å². The standard InChI is InChI=1S/C17H27NO2/c1-4-10-17(11-6-5-7-12-18-17)15-13-14(19-2)8-9-16(15)20-3/h8-9,13,18H,4-7,10-12H2,1-3H3. The fraction of sp³-hybridized carbons (Fsp3) is 0.647. The van der Waals surface area contributed by atoms with Crippen molar-refractivity contribution in [2.24, 2.45) is 0 Å². The van der Waals surface area contributed by atoms with Gasteiger partial charge in [-0.25, -0.2) is 0 Å². The molecule has 1 aromatic rings. The van der Waals surface area contributed by atoms with Crippen LogP contribution in [0.25, 0.3) is 0 Å². The van der Waals surface area contributed by atoms with E-state index >= 15 is 0 Å². The molecule has 0 amide bonds. The fourth-order valence-electron chi connectivity index (χ4n) is 3.34. The van der Waals surface area contributed by atoms with Crippen LogP contribution in [0.15, 0.2) is 18.2 Å². The number of ether oxygens (including phenoxy) is 2. The summed E-state index contributed by atoms with van der Waals surface area (Å²) in [5, 5.41) is 3.80. The summed E-state index contributed by atoms with van der Waals surface area (Å²) in [4.78, 5) is 0. The topological polar surface area (TPSA) is 30.5 Å². The number of methoxy groups -OCH3 is 2. The Morgan fingerprint density at radius 1 is 1.15 bits per heavy atom. The van der Waals surface area contributed by atoms with Gasteiger partial charge in [0.25, 0.3) is 0 Å². The Labute approximate surface area is 122 Å². The minimum Gasteiger partial charge on any atom is -0.497 e. The van der Waals surface area contributed by atoms with E-state index in [2.05, 4.69) is 18.3 Å². The Hall–Kier alpha value is -1.22. The van der Waals surface area contributed by atoms with Crippen molar-refractivity contribution < 1.29 is 9.47 Å². The minimum atomic E-state index is 0.0329. The van der Waals surface area contributed by atoms with Crippen LogP contribution in [0.1, 0.15) is 51.0 Å². The minimum absolute atomic E-state index is 0.0329. The molecule has 0 spiro atoms. The van der Waals surface area contributed by atoms with Crippen LogP contribution in [0.4, 0.5) is 0 Å².